The van der Waals surface area contributed by atoms with E-state index in [2.05, 4.69) is 5.32 Å². The number of thiophene rings is 1. The van der Waals surface area contributed by atoms with Crippen molar-refractivity contribution >= 4 is 33.2 Å². The highest BCUT2D eigenvalue weighted by atomic mass is 32.2. The molecule has 1 unspecified atom stereocenters. The summed E-state index contributed by atoms with van der Waals surface area (Å²) in [6.45, 7) is 1.08. The SMILES string of the molecule is CS(=O)(=O)CCC(NC(=O)OCc1ccccc1)C(=O)N1CCc2sccc2C1. The molecule has 29 heavy (non-hydrogen) atoms. The van der Waals surface area contributed by atoms with Crippen LogP contribution in [0.3, 0.4) is 0 Å². The molecule has 1 atom stereocenters. The predicted octanol–water partition coefficient (Wildman–Crippen LogP) is 2.36. The van der Waals surface area contributed by atoms with Gasteiger partial charge in [-0.25, -0.2) is 13.2 Å². The van der Waals surface area contributed by atoms with E-state index in [1.807, 2.05) is 41.8 Å². The Hall–Kier alpha value is -2.39. The number of sulfone groups is 1. The highest BCUT2D eigenvalue weighted by Crippen LogP contribution is 2.24. The van der Waals surface area contributed by atoms with E-state index < -0.39 is 22.0 Å². The van der Waals surface area contributed by atoms with Gasteiger partial charge in [0.05, 0.1) is 5.75 Å². The second kappa shape index (κ2) is 9.41. The summed E-state index contributed by atoms with van der Waals surface area (Å²) in [5.41, 5.74) is 1.92. The molecule has 0 bridgehead atoms. The van der Waals surface area contributed by atoms with Crippen molar-refractivity contribution in [2.75, 3.05) is 18.6 Å². The molecule has 0 saturated carbocycles. The maximum Gasteiger partial charge on any atom is 0.408 e. The molecular formula is C20H24N2O5S2. The number of alkyl carbamates (subject to hydrolysis) is 1. The van der Waals surface area contributed by atoms with Crippen molar-refractivity contribution in [3.63, 3.8) is 0 Å². The topological polar surface area (TPSA) is 92.8 Å². The van der Waals surface area contributed by atoms with Gasteiger partial charge in [0.15, 0.2) is 0 Å². The van der Waals surface area contributed by atoms with Crippen LogP contribution < -0.4 is 5.32 Å². The number of benzene rings is 1. The van der Waals surface area contributed by atoms with Gasteiger partial charge in [0.2, 0.25) is 5.91 Å². The second-order valence-electron chi connectivity index (χ2n) is 7.06. The lowest BCUT2D eigenvalue weighted by atomic mass is 10.1. The van der Waals surface area contributed by atoms with Crippen molar-refractivity contribution in [2.45, 2.75) is 32.0 Å². The number of fused-ring (bicyclic) bond motifs is 1. The van der Waals surface area contributed by atoms with Crippen LogP contribution in [-0.4, -0.2) is 49.9 Å². The normalized spacial score (nSPS) is 14.7. The fourth-order valence-electron chi connectivity index (χ4n) is 3.15. The highest BCUT2D eigenvalue weighted by molar-refractivity contribution is 7.90. The zero-order valence-corrected chi connectivity index (χ0v) is 17.8. The molecule has 9 heteroatoms. The van der Waals surface area contributed by atoms with Crippen molar-refractivity contribution in [1.82, 2.24) is 10.2 Å². The van der Waals surface area contributed by atoms with Crippen molar-refractivity contribution in [3.05, 3.63) is 57.8 Å². The lowest BCUT2D eigenvalue weighted by Gasteiger charge is -2.30. The molecule has 0 spiro atoms. The van der Waals surface area contributed by atoms with Crippen LogP contribution in [0.25, 0.3) is 0 Å². The van der Waals surface area contributed by atoms with Crippen LogP contribution in [-0.2, 0) is 38.9 Å². The van der Waals surface area contributed by atoms with Gasteiger partial charge >= 0.3 is 6.09 Å². The van der Waals surface area contributed by atoms with E-state index in [9.17, 15) is 18.0 Å². The molecule has 0 aliphatic carbocycles. The Kier molecular flexibility index (Phi) is 6.92. The van der Waals surface area contributed by atoms with Gasteiger partial charge in [-0.1, -0.05) is 30.3 Å². The molecule has 1 aromatic carbocycles. The third-order valence-corrected chi connectivity index (χ3v) is 6.70. The second-order valence-corrected chi connectivity index (χ2v) is 10.3. The van der Waals surface area contributed by atoms with Crippen LogP contribution in [0.15, 0.2) is 41.8 Å². The Morgan fingerprint density at radius 1 is 1.24 bits per heavy atom. The number of amides is 2. The fourth-order valence-corrected chi connectivity index (χ4v) is 4.71. The lowest BCUT2D eigenvalue weighted by molar-refractivity contribution is -0.134. The Morgan fingerprint density at radius 3 is 2.72 bits per heavy atom. The zero-order valence-electron chi connectivity index (χ0n) is 16.2. The third kappa shape index (κ3) is 6.30. The Bertz CT molecular complexity index is 956. The van der Waals surface area contributed by atoms with Crippen LogP contribution in [0.2, 0.25) is 0 Å². The maximum absolute atomic E-state index is 13.0. The van der Waals surface area contributed by atoms with Crippen molar-refractivity contribution < 1.29 is 22.7 Å². The molecule has 0 fully saturated rings. The van der Waals surface area contributed by atoms with E-state index in [0.29, 0.717) is 13.1 Å². The largest absolute Gasteiger partial charge is 0.445 e. The number of nitrogens with zero attached hydrogens (tertiary/aromatic N) is 1. The van der Waals surface area contributed by atoms with Crippen LogP contribution in [0, 0.1) is 0 Å². The van der Waals surface area contributed by atoms with E-state index in [1.54, 1.807) is 16.2 Å². The molecule has 7 nitrogen and oxygen atoms in total. The van der Waals surface area contributed by atoms with Crippen LogP contribution in [0.1, 0.15) is 22.4 Å². The maximum atomic E-state index is 13.0. The molecule has 0 radical (unpaired) electrons. The number of nitrogens with one attached hydrogen (secondary N) is 1. The summed E-state index contributed by atoms with van der Waals surface area (Å²) in [6.07, 6.45) is 1.14. The van der Waals surface area contributed by atoms with E-state index in [-0.39, 0.29) is 24.7 Å². The van der Waals surface area contributed by atoms with Gasteiger partial charge in [-0.15, -0.1) is 11.3 Å². The third-order valence-electron chi connectivity index (χ3n) is 4.70. The van der Waals surface area contributed by atoms with Crippen LogP contribution >= 0.6 is 11.3 Å². The van der Waals surface area contributed by atoms with E-state index in [4.69, 9.17) is 4.74 Å². The monoisotopic (exact) mass is 436 g/mol. The molecule has 2 amide bonds. The summed E-state index contributed by atoms with van der Waals surface area (Å²) in [4.78, 5) is 28.2. The Balaban J connectivity index is 1.63. The van der Waals surface area contributed by atoms with Gasteiger partial charge in [-0.05, 0) is 35.4 Å². The van der Waals surface area contributed by atoms with Crippen molar-refractivity contribution in [1.29, 1.82) is 0 Å². The Labute approximate surface area is 174 Å². The number of carbonyl (C=O) groups excluding carboxylic acids is 2. The molecule has 3 rings (SSSR count). The van der Waals surface area contributed by atoms with Gasteiger partial charge < -0.3 is 15.0 Å². The zero-order chi connectivity index (χ0) is 20.9. The van der Waals surface area contributed by atoms with Crippen molar-refractivity contribution in [3.8, 4) is 0 Å². The number of hydrogen-bond donors (Lipinski definition) is 1. The summed E-state index contributed by atoms with van der Waals surface area (Å²) in [5, 5.41) is 4.56. The highest BCUT2D eigenvalue weighted by Gasteiger charge is 2.30. The van der Waals surface area contributed by atoms with Gasteiger partial charge in [-0.2, -0.15) is 0 Å². The van der Waals surface area contributed by atoms with Gasteiger partial charge in [0.25, 0.3) is 0 Å². The molecule has 2 aromatic rings. The van der Waals surface area contributed by atoms with Gasteiger partial charge in [0.1, 0.15) is 22.5 Å². The van der Waals surface area contributed by atoms with E-state index in [0.717, 1.165) is 23.8 Å². The van der Waals surface area contributed by atoms with Crippen LogP contribution in [0.4, 0.5) is 4.79 Å². The minimum absolute atomic E-state index is 0.00506. The molecular weight excluding hydrogens is 412 g/mol. The molecule has 156 valence electrons. The summed E-state index contributed by atoms with van der Waals surface area (Å²) in [7, 11) is -3.28. The van der Waals surface area contributed by atoms with E-state index in [1.165, 1.54) is 4.88 Å². The minimum Gasteiger partial charge on any atom is -0.445 e. The van der Waals surface area contributed by atoms with Gasteiger partial charge in [-0.3, -0.25) is 4.79 Å². The number of hydrogen-bond acceptors (Lipinski definition) is 6. The first kappa shape index (κ1) is 21.3. The lowest BCUT2D eigenvalue weighted by Crippen LogP contribution is -2.50. The quantitative estimate of drug-likeness (QED) is 0.719. The smallest absolute Gasteiger partial charge is 0.408 e. The summed E-state index contributed by atoms with van der Waals surface area (Å²) < 4.78 is 28.4. The molecule has 1 aromatic heterocycles. The number of carbonyl (C=O) groups is 2. The minimum atomic E-state index is -3.28. The molecule has 1 aliphatic rings. The molecule has 0 saturated heterocycles. The average molecular weight is 437 g/mol. The number of rotatable bonds is 7. The molecule has 1 aliphatic heterocycles. The summed E-state index contributed by atoms with van der Waals surface area (Å²) in [5.74, 6) is -0.484. The first-order valence-electron chi connectivity index (χ1n) is 9.31. The number of ether oxygens (including phenoxy) is 1. The standard InChI is InChI=1S/C20H24N2O5S2/c1-29(25,26)12-9-17(21-20(24)27-14-15-5-3-2-4-6-15)19(23)22-10-7-18-16(13-22)8-11-28-18/h2-6,8,11,17H,7,9-10,12-14H2,1H3,(H,21,24). The fraction of sp³-hybridized carbons (Fsp3) is 0.400. The Morgan fingerprint density at radius 2 is 2.00 bits per heavy atom. The first-order chi connectivity index (χ1) is 13.8. The van der Waals surface area contributed by atoms with Crippen molar-refractivity contribution in [2.24, 2.45) is 0 Å². The van der Waals surface area contributed by atoms with Crippen LogP contribution in [0.5, 0.6) is 0 Å². The molecule has 2 heterocycles. The average Bonchev–Trinajstić information content (AvgIpc) is 3.17. The van der Waals surface area contributed by atoms with Gasteiger partial charge in [0, 0.05) is 24.2 Å². The summed E-state index contributed by atoms with van der Waals surface area (Å²) >= 11 is 1.67. The first-order valence-corrected chi connectivity index (χ1v) is 12.2. The molecule has 1 N–H and O–H groups in total. The predicted molar refractivity (Wildman–Crippen MR) is 111 cm³/mol. The summed E-state index contributed by atoms with van der Waals surface area (Å²) in [6, 6.07) is 10.2. The van der Waals surface area contributed by atoms with E-state index >= 15 is 0 Å².